The zero-order valence-electron chi connectivity index (χ0n) is 14.3. The fourth-order valence-corrected chi connectivity index (χ4v) is 3.94. The number of nitrogens with one attached hydrogen (secondary N) is 2. The van der Waals surface area contributed by atoms with Crippen LogP contribution in [0.4, 0.5) is 17.2 Å². The second-order valence-corrected chi connectivity index (χ2v) is 8.00. The van der Waals surface area contributed by atoms with E-state index in [-0.39, 0.29) is 10.7 Å². The molecule has 0 unspecified atom stereocenters. The maximum Gasteiger partial charge on any atom is 0.263 e. The van der Waals surface area contributed by atoms with Gasteiger partial charge in [0, 0.05) is 0 Å². The van der Waals surface area contributed by atoms with Crippen LogP contribution < -0.4 is 10.0 Å². The lowest BCUT2D eigenvalue weighted by Crippen LogP contribution is -2.13. The second kappa shape index (κ2) is 7.35. The van der Waals surface area contributed by atoms with Crippen molar-refractivity contribution in [2.75, 3.05) is 10.0 Å². The first kappa shape index (κ1) is 18.2. The molecular formula is C19H18ClN3O2S. The van der Waals surface area contributed by atoms with Crippen molar-refractivity contribution in [3.63, 3.8) is 0 Å². The number of rotatable bonds is 5. The molecule has 0 aliphatic heterocycles. The minimum absolute atomic E-state index is 0.186. The molecule has 0 amide bonds. The number of halogens is 1. The monoisotopic (exact) mass is 387 g/mol. The van der Waals surface area contributed by atoms with Crippen LogP contribution in [0.15, 0.2) is 65.7 Å². The van der Waals surface area contributed by atoms with Crippen LogP contribution in [-0.4, -0.2) is 13.4 Å². The first-order valence-corrected chi connectivity index (χ1v) is 9.79. The average Bonchev–Trinajstić information content (AvgIpc) is 2.60. The largest absolute Gasteiger partial charge is 0.353 e. The number of hydrogen-bond donors (Lipinski definition) is 2. The molecule has 0 bridgehead atoms. The van der Waals surface area contributed by atoms with Crippen LogP contribution in [-0.2, 0) is 10.0 Å². The van der Waals surface area contributed by atoms with Crippen LogP contribution in [0.1, 0.15) is 11.1 Å². The highest BCUT2D eigenvalue weighted by Gasteiger charge is 2.14. The molecule has 1 aromatic heterocycles. The zero-order valence-corrected chi connectivity index (χ0v) is 15.9. The quantitative estimate of drug-likeness (QED) is 0.653. The Morgan fingerprint density at radius 3 is 2.35 bits per heavy atom. The summed E-state index contributed by atoms with van der Waals surface area (Å²) in [5.41, 5.74) is 3.61. The molecule has 7 heteroatoms. The van der Waals surface area contributed by atoms with Gasteiger partial charge in [-0.15, -0.1) is 0 Å². The number of hydrogen-bond acceptors (Lipinski definition) is 4. The number of sulfonamides is 1. The van der Waals surface area contributed by atoms with Crippen LogP contribution in [0.5, 0.6) is 0 Å². The molecule has 0 fully saturated rings. The number of nitrogens with zero attached hydrogens (tertiary/aromatic N) is 1. The SMILES string of the molecule is Cc1cc(C)c(Nc2ccc(NS(=O)(=O)c3ccccc3)nc2)c(Cl)c1. The molecule has 3 rings (SSSR count). The molecule has 134 valence electrons. The maximum absolute atomic E-state index is 12.3. The van der Waals surface area contributed by atoms with E-state index in [1.54, 1.807) is 36.5 Å². The van der Waals surface area contributed by atoms with Gasteiger partial charge in [0.2, 0.25) is 0 Å². The number of aryl methyl sites for hydroxylation is 2. The highest BCUT2D eigenvalue weighted by Crippen LogP contribution is 2.30. The van der Waals surface area contributed by atoms with Gasteiger partial charge in [0.15, 0.2) is 0 Å². The Labute approximate surface area is 158 Å². The molecule has 1 heterocycles. The van der Waals surface area contributed by atoms with E-state index in [1.807, 2.05) is 26.0 Å². The van der Waals surface area contributed by atoms with Gasteiger partial charge in [-0.3, -0.25) is 4.72 Å². The molecule has 3 aromatic rings. The number of pyridine rings is 1. The minimum Gasteiger partial charge on any atom is -0.353 e. The van der Waals surface area contributed by atoms with Gasteiger partial charge >= 0.3 is 0 Å². The Balaban J connectivity index is 1.77. The van der Waals surface area contributed by atoms with E-state index in [0.717, 1.165) is 16.8 Å². The molecule has 0 spiro atoms. The van der Waals surface area contributed by atoms with Gasteiger partial charge in [-0.2, -0.15) is 0 Å². The normalized spacial score (nSPS) is 11.2. The van der Waals surface area contributed by atoms with Crippen molar-refractivity contribution in [3.05, 3.63) is 76.9 Å². The fraction of sp³-hybridized carbons (Fsp3) is 0.105. The third-order valence-corrected chi connectivity index (χ3v) is 5.43. The zero-order chi connectivity index (χ0) is 18.7. The van der Waals surface area contributed by atoms with E-state index in [4.69, 9.17) is 11.6 Å². The average molecular weight is 388 g/mol. The topological polar surface area (TPSA) is 71.1 Å². The Morgan fingerprint density at radius 2 is 1.73 bits per heavy atom. The summed E-state index contributed by atoms with van der Waals surface area (Å²) in [6.07, 6.45) is 1.55. The molecule has 0 saturated carbocycles. The summed E-state index contributed by atoms with van der Waals surface area (Å²) in [7, 11) is -3.66. The van der Waals surface area contributed by atoms with Crippen molar-refractivity contribution in [1.29, 1.82) is 0 Å². The van der Waals surface area contributed by atoms with E-state index in [9.17, 15) is 8.42 Å². The van der Waals surface area contributed by atoms with Gasteiger partial charge in [0.1, 0.15) is 5.82 Å². The van der Waals surface area contributed by atoms with Crippen molar-refractivity contribution in [1.82, 2.24) is 4.98 Å². The van der Waals surface area contributed by atoms with Gasteiger partial charge in [-0.25, -0.2) is 13.4 Å². The van der Waals surface area contributed by atoms with Crippen molar-refractivity contribution >= 4 is 38.8 Å². The van der Waals surface area contributed by atoms with Crippen molar-refractivity contribution in [2.45, 2.75) is 18.7 Å². The lowest BCUT2D eigenvalue weighted by Gasteiger charge is -2.13. The second-order valence-electron chi connectivity index (χ2n) is 5.91. The smallest absolute Gasteiger partial charge is 0.263 e. The van der Waals surface area contributed by atoms with Crippen LogP contribution >= 0.6 is 11.6 Å². The van der Waals surface area contributed by atoms with Crippen molar-refractivity contribution < 1.29 is 8.42 Å². The summed E-state index contributed by atoms with van der Waals surface area (Å²) in [5, 5.41) is 3.84. The van der Waals surface area contributed by atoms with Gasteiger partial charge in [-0.05, 0) is 55.3 Å². The molecule has 0 atom stereocenters. The third kappa shape index (κ3) is 4.15. The maximum atomic E-state index is 12.3. The number of anilines is 3. The predicted octanol–water partition coefficient (Wildman–Crippen LogP) is 4.90. The van der Waals surface area contributed by atoms with Gasteiger partial charge < -0.3 is 5.32 Å². The van der Waals surface area contributed by atoms with E-state index >= 15 is 0 Å². The van der Waals surface area contributed by atoms with Crippen LogP contribution in [0.25, 0.3) is 0 Å². The predicted molar refractivity (Wildman–Crippen MR) is 106 cm³/mol. The summed E-state index contributed by atoms with van der Waals surface area (Å²) in [4.78, 5) is 4.35. The minimum atomic E-state index is -3.66. The number of aromatic nitrogens is 1. The molecular weight excluding hydrogens is 370 g/mol. The molecule has 26 heavy (non-hydrogen) atoms. The molecule has 2 N–H and O–H groups in total. The Morgan fingerprint density at radius 1 is 1.00 bits per heavy atom. The molecule has 0 saturated heterocycles. The number of benzene rings is 2. The summed E-state index contributed by atoms with van der Waals surface area (Å²) in [6.45, 7) is 3.95. The van der Waals surface area contributed by atoms with Crippen LogP contribution in [0, 0.1) is 13.8 Å². The molecule has 5 nitrogen and oxygen atoms in total. The summed E-state index contributed by atoms with van der Waals surface area (Å²) in [6, 6.07) is 15.4. The third-order valence-electron chi connectivity index (χ3n) is 3.76. The van der Waals surface area contributed by atoms with Crippen molar-refractivity contribution in [3.8, 4) is 0 Å². The summed E-state index contributed by atoms with van der Waals surface area (Å²) >= 11 is 6.30. The molecule has 0 radical (unpaired) electrons. The van der Waals surface area contributed by atoms with E-state index in [1.165, 1.54) is 12.1 Å². The van der Waals surface area contributed by atoms with E-state index < -0.39 is 10.0 Å². The molecule has 2 aromatic carbocycles. The van der Waals surface area contributed by atoms with E-state index in [0.29, 0.717) is 10.7 Å². The van der Waals surface area contributed by atoms with Crippen molar-refractivity contribution in [2.24, 2.45) is 0 Å². The first-order valence-electron chi connectivity index (χ1n) is 7.93. The Kier molecular flexibility index (Phi) is 5.15. The lowest BCUT2D eigenvalue weighted by molar-refractivity contribution is 0.601. The Bertz CT molecular complexity index is 997. The summed E-state index contributed by atoms with van der Waals surface area (Å²) in [5.74, 6) is 0.242. The Hall–Kier alpha value is -2.57. The highest BCUT2D eigenvalue weighted by atomic mass is 35.5. The standard InChI is InChI=1S/C19H18ClN3O2S/c1-13-10-14(2)19(17(20)11-13)22-15-8-9-18(21-12-15)23-26(24,25)16-6-4-3-5-7-16/h3-12,22H,1-2H3,(H,21,23). The lowest BCUT2D eigenvalue weighted by atomic mass is 10.1. The van der Waals surface area contributed by atoms with Crippen LogP contribution in [0.3, 0.4) is 0 Å². The van der Waals surface area contributed by atoms with Gasteiger partial charge in [-0.1, -0.05) is 35.9 Å². The van der Waals surface area contributed by atoms with Crippen LogP contribution in [0.2, 0.25) is 5.02 Å². The summed E-state index contributed by atoms with van der Waals surface area (Å²) < 4.78 is 27.1. The fourth-order valence-electron chi connectivity index (χ4n) is 2.54. The highest BCUT2D eigenvalue weighted by molar-refractivity contribution is 7.92. The van der Waals surface area contributed by atoms with Gasteiger partial charge in [0.05, 0.1) is 27.5 Å². The molecule has 0 aliphatic rings. The van der Waals surface area contributed by atoms with Gasteiger partial charge in [0.25, 0.3) is 10.0 Å². The molecule has 0 aliphatic carbocycles. The first-order chi connectivity index (χ1) is 12.3. The van der Waals surface area contributed by atoms with E-state index in [2.05, 4.69) is 15.0 Å².